The van der Waals surface area contributed by atoms with Crippen molar-refractivity contribution >= 4 is 21.6 Å². The molecule has 1 atom stereocenters. The Balaban J connectivity index is 1.54. The number of anilines is 1. The lowest BCUT2D eigenvalue weighted by Gasteiger charge is -2.28. The first-order chi connectivity index (χ1) is 17.3. The molecule has 1 N–H and O–H groups in total. The highest BCUT2D eigenvalue weighted by atomic mass is 32.2. The molecule has 0 radical (unpaired) electrons. The minimum absolute atomic E-state index is 0.469. The zero-order valence-corrected chi connectivity index (χ0v) is 20.4. The highest BCUT2D eigenvalue weighted by Crippen LogP contribution is 2.29. The lowest BCUT2D eigenvalue weighted by atomic mass is 10.1. The zero-order chi connectivity index (χ0) is 25.5. The van der Waals surface area contributed by atoms with Crippen molar-refractivity contribution < 1.29 is 22.3 Å². The number of nitrogens with zero attached hydrogens (tertiary/aromatic N) is 1. The number of nitrogens with one attached hydrogen (secondary N) is 1. The summed E-state index contributed by atoms with van der Waals surface area (Å²) in [5, 5.41) is 2.71. The van der Waals surface area contributed by atoms with Gasteiger partial charge in [0.2, 0.25) is 15.9 Å². The molecule has 4 rings (SSSR count). The molecule has 184 valence electrons. The molecule has 1 amide bonds. The van der Waals surface area contributed by atoms with Gasteiger partial charge in [0.25, 0.3) is 0 Å². The van der Waals surface area contributed by atoms with Crippen molar-refractivity contribution in [2.24, 2.45) is 0 Å². The van der Waals surface area contributed by atoms with Crippen molar-refractivity contribution in [2.45, 2.75) is 17.9 Å². The standard InChI is InChI=1S/C28H25FN2O4S/c1-21(22-10-4-2-5-11-22)31(36(33,34)27-15-9-8-14-26(27)29)20-28(32)30-23-16-18-25(19-17-23)35-24-12-6-3-7-13-24/h2-19,21H,20H2,1H3,(H,30,32)/t21-/m1/s1. The summed E-state index contributed by atoms with van der Waals surface area (Å²) in [6.07, 6.45) is 0. The number of sulfonamides is 1. The van der Waals surface area contributed by atoms with Crippen LogP contribution in [0.3, 0.4) is 0 Å². The monoisotopic (exact) mass is 504 g/mol. The van der Waals surface area contributed by atoms with Crippen LogP contribution in [0.2, 0.25) is 0 Å². The van der Waals surface area contributed by atoms with Crippen molar-refractivity contribution in [1.29, 1.82) is 0 Å². The Labute approximate surface area is 210 Å². The van der Waals surface area contributed by atoms with Gasteiger partial charge in [-0.25, -0.2) is 12.8 Å². The van der Waals surface area contributed by atoms with E-state index in [1.165, 1.54) is 18.2 Å². The molecule has 0 saturated carbocycles. The maximum atomic E-state index is 14.5. The van der Waals surface area contributed by atoms with Gasteiger partial charge in [-0.3, -0.25) is 4.79 Å². The van der Waals surface area contributed by atoms with Crippen LogP contribution in [0, 0.1) is 5.82 Å². The zero-order valence-electron chi connectivity index (χ0n) is 19.5. The number of rotatable bonds is 9. The topological polar surface area (TPSA) is 75.7 Å². The SMILES string of the molecule is C[C@H](c1ccccc1)N(CC(=O)Nc1ccc(Oc2ccccc2)cc1)S(=O)(=O)c1ccccc1F. The van der Waals surface area contributed by atoms with Gasteiger partial charge < -0.3 is 10.1 Å². The fourth-order valence-corrected chi connectivity index (χ4v) is 5.32. The third kappa shape index (κ3) is 5.97. The lowest BCUT2D eigenvalue weighted by molar-refractivity contribution is -0.116. The van der Waals surface area contributed by atoms with E-state index in [1.807, 2.05) is 36.4 Å². The van der Waals surface area contributed by atoms with Gasteiger partial charge >= 0.3 is 0 Å². The summed E-state index contributed by atoms with van der Waals surface area (Å²) < 4.78 is 48.2. The Morgan fingerprint density at radius 1 is 0.833 bits per heavy atom. The minimum Gasteiger partial charge on any atom is -0.457 e. The number of carbonyl (C=O) groups is 1. The van der Waals surface area contributed by atoms with Crippen LogP contribution >= 0.6 is 0 Å². The van der Waals surface area contributed by atoms with Crippen molar-refractivity contribution in [2.75, 3.05) is 11.9 Å². The van der Waals surface area contributed by atoms with Crippen molar-refractivity contribution in [1.82, 2.24) is 4.31 Å². The quantitative estimate of drug-likeness (QED) is 0.303. The highest BCUT2D eigenvalue weighted by Gasteiger charge is 2.33. The van der Waals surface area contributed by atoms with Gasteiger partial charge in [0.15, 0.2) is 0 Å². The van der Waals surface area contributed by atoms with Gasteiger partial charge in [-0.15, -0.1) is 0 Å². The van der Waals surface area contributed by atoms with E-state index < -0.39 is 39.2 Å². The molecular weight excluding hydrogens is 479 g/mol. The van der Waals surface area contributed by atoms with Gasteiger partial charge in [0.05, 0.1) is 6.54 Å². The molecule has 4 aromatic rings. The summed E-state index contributed by atoms with van der Waals surface area (Å²) in [6.45, 7) is 1.16. The van der Waals surface area contributed by atoms with E-state index in [1.54, 1.807) is 55.5 Å². The lowest BCUT2D eigenvalue weighted by Crippen LogP contribution is -2.40. The largest absolute Gasteiger partial charge is 0.457 e. The van der Waals surface area contributed by atoms with Crippen molar-refractivity contribution in [3.05, 3.63) is 121 Å². The Morgan fingerprint density at radius 2 is 1.39 bits per heavy atom. The predicted octanol–water partition coefficient (Wildman–Crippen LogP) is 6.01. The number of halogens is 1. The fourth-order valence-electron chi connectivity index (χ4n) is 3.68. The molecule has 36 heavy (non-hydrogen) atoms. The first kappa shape index (κ1) is 25.1. The summed E-state index contributed by atoms with van der Waals surface area (Å²) >= 11 is 0. The number of hydrogen-bond acceptors (Lipinski definition) is 4. The summed E-state index contributed by atoms with van der Waals surface area (Å²) in [7, 11) is -4.33. The average molecular weight is 505 g/mol. The number of amides is 1. The Kier molecular flexibility index (Phi) is 7.77. The van der Waals surface area contributed by atoms with Gasteiger partial charge in [-0.2, -0.15) is 4.31 Å². The molecule has 0 aliphatic heterocycles. The maximum absolute atomic E-state index is 14.5. The normalized spacial score (nSPS) is 12.2. The minimum atomic E-state index is -4.33. The first-order valence-corrected chi connectivity index (χ1v) is 12.7. The van der Waals surface area contributed by atoms with Crippen LogP contribution in [0.25, 0.3) is 0 Å². The number of para-hydroxylation sites is 1. The molecule has 0 spiro atoms. The smallest absolute Gasteiger partial charge is 0.247 e. The third-order valence-corrected chi connectivity index (χ3v) is 7.50. The second kappa shape index (κ2) is 11.2. The number of ether oxygens (including phenoxy) is 1. The summed E-state index contributed by atoms with van der Waals surface area (Å²) in [5.74, 6) is -0.176. The van der Waals surface area contributed by atoms with Crippen LogP contribution in [0.5, 0.6) is 11.5 Å². The van der Waals surface area contributed by atoms with Gasteiger partial charge in [0, 0.05) is 11.7 Å². The molecule has 0 aliphatic carbocycles. The molecular formula is C28H25FN2O4S. The maximum Gasteiger partial charge on any atom is 0.247 e. The van der Waals surface area contributed by atoms with Crippen LogP contribution < -0.4 is 10.1 Å². The molecule has 0 saturated heterocycles. The molecule has 0 aromatic heterocycles. The number of hydrogen-bond donors (Lipinski definition) is 1. The van der Waals surface area contributed by atoms with Crippen LogP contribution in [-0.2, 0) is 14.8 Å². The molecule has 6 nitrogen and oxygen atoms in total. The second-order valence-corrected chi connectivity index (χ2v) is 9.91. The number of benzene rings is 4. The first-order valence-electron chi connectivity index (χ1n) is 11.3. The van der Waals surface area contributed by atoms with E-state index in [0.717, 1.165) is 10.4 Å². The van der Waals surface area contributed by atoms with E-state index in [0.29, 0.717) is 22.7 Å². The van der Waals surface area contributed by atoms with Crippen molar-refractivity contribution in [3.8, 4) is 11.5 Å². The molecule has 0 bridgehead atoms. The molecule has 0 aliphatic rings. The number of carbonyl (C=O) groups excluding carboxylic acids is 1. The van der Waals surface area contributed by atoms with Gasteiger partial charge in [-0.1, -0.05) is 60.7 Å². The average Bonchev–Trinajstić information content (AvgIpc) is 2.89. The van der Waals surface area contributed by atoms with E-state index in [9.17, 15) is 17.6 Å². The predicted molar refractivity (Wildman–Crippen MR) is 137 cm³/mol. The summed E-state index contributed by atoms with van der Waals surface area (Å²) in [4.78, 5) is 12.5. The van der Waals surface area contributed by atoms with E-state index >= 15 is 0 Å². The molecule has 0 unspecified atom stereocenters. The molecule has 8 heteroatoms. The summed E-state index contributed by atoms with van der Waals surface area (Å²) in [6, 6.07) is 29.3. The van der Waals surface area contributed by atoms with E-state index in [2.05, 4.69) is 5.32 Å². The van der Waals surface area contributed by atoms with Crippen LogP contribution in [-0.4, -0.2) is 25.2 Å². The van der Waals surface area contributed by atoms with Crippen LogP contribution in [0.15, 0.2) is 114 Å². The van der Waals surface area contributed by atoms with Gasteiger partial charge in [-0.05, 0) is 61.0 Å². The molecule has 4 aromatic carbocycles. The Hall–Kier alpha value is -4.01. The highest BCUT2D eigenvalue weighted by molar-refractivity contribution is 7.89. The fraction of sp³-hybridized carbons (Fsp3) is 0.107. The molecule has 0 fully saturated rings. The van der Waals surface area contributed by atoms with Crippen molar-refractivity contribution in [3.63, 3.8) is 0 Å². The van der Waals surface area contributed by atoms with Crippen LogP contribution in [0.4, 0.5) is 10.1 Å². The van der Waals surface area contributed by atoms with Gasteiger partial charge in [0.1, 0.15) is 22.2 Å². The second-order valence-electron chi connectivity index (χ2n) is 8.06. The summed E-state index contributed by atoms with van der Waals surface area (Å²) in [5.41, 5.74) is 1.14. The Morgan fingerprint density at radius 3 is 2.03 bits per heavy atom. The van der Waals surface area contributed by atoms with Crippen LogP contribution in [0.1, 0.15) is 18.5 Å². The van der Waals surface area contributed by atoms with E-state index in [4.69, 9.17) is 4.74 Å². The Bertz CT molecular complexity index is 1410. The third-order valence-electron chi connectivity index (χ3n) is 5.55. The van der Waals surface area contributed by atoms with E-state index in [-0.39, 0.29) is 0 Å². The molecule has 0 heterocycles.